The molecule has 1 N–H and O–H groups in total. The molecule has 0 radical (unpaired) electrons. The Balaban J connectivity index is 2.84. The highest BCUT2D eigenvalue weighted by Gasteiger charge is 2.18. The fourth-order valence-corrected chi connectivity index (χ4v) is 3.16. The first-order valence-electron chi connectivity index (χ1n) is 5.20. The van der Waals surface area contributed by atoms with Crippen LogP contribution in [0, 0.1) is 6.92 Å². The van der Waals surface area contributed by atoms with Gasteiger partial charge in [-0.05, 0) is 25.5 Å². The number of aryl methyl sites for hydroxylation is 1. The molecule has 3 nitrogen and oxygen atoms in total. The van der Waals surface area contributed by atoms with Crippen LogP contribution in [0.15, 0.2) is 29.2 Å². The third-order valence-corrected chi connectivity index (χ3v) is 4.42. The van der Waals surface area contributed by atoms with Crippen LogP contribution in [-0.2, 0) is 10.0 Å². The average Bonchev–Trinajstić information content (AvgIpc) is 2.28. The SMILES string of the molecule is Cc1ccc(S(=O)(=O)NC(CCl)CCCl)cc1. The zero-order chi connectivity index (χ0) is 12.9. The standard InChI is InChI=1S/C11H15Cl2NO2S/c1-9-2-4-11(5-3-9)17(15,16)14-10(8-13)6-7-12/h2-5,10,14H,6-8H2,1H3. The van der Waals surface area contributed by atoms with Crippen LogP contribution in [0.1, 0.15) is 12.0 Å². The lowest BCUT2D eigenvalue weighted by atomic mass is 10.2. The van der Waals surface area contributed by atoms with E-state index in [0.29, 0.717) is 12.3 Å². The monoisotopic (exact) mass is 295 g/mol. The van der Waals surface area contributed by atoms with Gasteiger partial charge in [-0.25, -0.2) is 13.1 Å². The number of sulfonamides is 1. The van der Waals surface area contributed by atoms with Crippen molar-refractivity contribution in [3.8, 4) is 0 Å². The molecule has 0 bridgehead atoms. The molecule has 0 fully saturated rings. The van der Waals surface area contributed by atoms with Gasteiger partial charge in [-0.1, -0.05) is 17.7 Å². The summed E-state index contributed by atoms with van der Waals surface area (Å²) in [5.74, 6) is 0.575. The summed E-state index contributed by atoms with van der Waals surface area (Å²) in [5.41, 5.74) is 1.01. The molecule has 0 spiro atoms. The van der Waals surface area contributed by atoms with E-state index in [0.717, 1.165) is 5.56 Å². The Morgan fingerprint density at radius 3 is 2.29 bits per heavy atom. The highest BCUT2D eigenvalue weighted by molar-refractivity contribution is 7.89. The largest absolute Gasteiger partial charge is 0.240 e. The fourth-order valence-electron chi connectivity index (χ4n) is 1.30. The van der Waals surface area contributed by atoms with E-state index < -0.39 is 10.0 Å². The predicted octanol–water partition coefficient (Wildman–Crippen LogP) is 2.51. The zero-order valence-corrected chi connectivity index (χ0v) is 11.8. The van der Waals surface area contributed by atoms with Crippen molar-refractivity contribution in [2.45, 2.75) is 24.3 Å². The van der Waals surface area contributed by atoms with Gasteiger partial charge in [0.25, 0.3) is 0 Å². The Labute approximate surface area is 112 Å². The van der Waals surface area contributed by atoms with Crippen molar-refractivity contribution in [1.29, 1.82) is 0 Å². The van der Waals surface area contributed by atoms with Crippen LogP contribution in [-0.4, -0.2) is 26.2 Å². The van der Waals surface area contributed by atoms with Gasteiger partial charge in [0, 0.05) is 17.8 Å². The Morgan fingerprint density at radius 1 is 1.24 bits per heavy atom. The van der Waals surface area contributed by atoms with Crippen LogP contribution in [0.3, 0.4) is 0 Å². The quantitative estimate of drug-likeness (QED) is 0.820. The summed E-state index contributed by atoms with van der Waals surface area (Å²) in [7, 11) is -3.50. The molecule has 0 aliphatic heterocycles. The fraction of sp³-hybridized carbons (Fsp3) is 0.455. The minimum Gasteiger partial charge on any atom is -0.207 e. The summed E-state index contributed by atoms with van der Waals surface area (Å²) in [4.78, 5) is 0.243. The molecule has 1 rings (SSSR count). The van der Waals surface area contributed by atoms with Crippen LogP contribution in [0.4, 0.5) is 0 Å². The van der Waals surface area contributed by atoms with Crippen molar-refractivity contribution in [1.82, 2.24) is 4.72 Å². The maximum atomic E-state index is 12.0. The van der Waals surface area contributed by atoms with E-state index in [-0.39, 0.29) is 16.8 Å². The maximum absolute atomic E-state index is 12.0. The molecule has 0 saturated heterocycles. The van der Waals surface area contributed by atoms with Crippen molar-refractivity contribution in [2.24, 2.45) is 0 Å². The first-order chi connectivity index (χ1) is 7.99. The third-order valence-electron chi connectivity index (χ3n) is 2.30. The molecular formula is C11H15Cl2NO2S. The van der Waals surface area contributed by atoms with E-state index >= 15 is 0 Å². The molecule has 1 aromatic carbocycles. The van der Waals surface area contributed by atoms with E-state index in [1.165, 1.54) is 0 Å². The number of hydrogen-bond donors (Lipinski definition) is 1. The van der Waals surface area contributed by atoms with Gasteiger partial charge in [0.1, 0.15) is 0 Å². The van der Waals surface area contributed by atoms with E-state index in [4.69, 9.17) is 23.2 Å². The molecule has 0 aliphatic carbocycles. The molecule has 0 aliphatic rings. The maximum Gasteiger partial charge on any atom is 0.240 e. The lowest BCUT2D eigenvalue weighted by molar-refractivity contribution is 0.558. The second kappa shape index (κ2) is 6.59. The number of hydrogen-bond acceptors (Lipinski definition) is 2. The van der Waals surface area contributed by atoms with Gasteiger partial charge in [0.2, 0.25) is 10.0 Å². The second-order valence-corrected chi connectivity index (χ2v) is 6.16. The van der Waals surface area contributed by atoms with Crippen molar-refractivity contribution in [3.05, 3.63) is 29.8 Å². The average molecular weight is 296 g/mol. The van der Waals surface area contributed by atoms with Gasteiger partial charge < -0.3 is 0 Å². The van der Waals surface area contributed by atoms with Crippen LogP contribution in [0.5, 0.6) is 0 Å². The van der Waals surface area contributed by atoms with Crippen LogP contribution < -0.4 is 4.72 Å². The highest BCUT2D eigenvalue weighted by atomic mass is 35.5. The zero-order valence-electron chi connectivity index (χ0n) is 9.49. The molecule has 1 atom stereocenters. The van der Waals surface area contributed by atoms with E-state index in [1.807, 2.05) is 6.92 Å². The summed E-state index contributed by atoms with van der Waals surface area (Å²) in [5, 5.41) is 0. The molecule has 1 unspecified atom stereocenters. The molecular weight excluding hydrogens is 281 g/mol. The topological polar surface area (TPSA) is 46.2 Å². The van der Waals surface area contributed by atoms with Crippen LogP contribution >= 0.6 is 23.2 Å². The van der Waals surface area contributed by atoms with Crippen molar-refractivity contribution >= 4 is 33.2 Å². The normalized spacial score (nSPS) is 13.6. The van der Waals surface area contributed by atoms with Crippen molar-refractivity contribution in [2.75, 3.05) is 11.8 Å². The van der Waals surface area contributed by atoms with Crippen LogP contribution in [0.25, 0.3) is 0 Å². The van der Waals surface area contributed by atoms with Gasteiger partial charge in [-0.15, -0.1) is 23.2 Å². The summed E-state index contributed by atoms with van der Waals surface area (Å²) >= 11 is 11.3. The predicted molar refractivity (Wildman–Crippen MR) is 71.3 cm³/mol. The highest BCUT2D eigenvalue weighted by Crippen LogP contribution is 2.11. The Kier molecular flexibility index (Phi) is 5.73. The molecule has 17 heavy (non-hydrogen) atoms. The summed E-state index contributed by atoms with van der Waals surface area (Å²) in [6.45, 7) is 1.90. The molecule has 6 heteroatoms. The Bertz CT molecular complexity index is 445. The Hall–Kier alpha value is -0.290. The molecule has 0 heterocycles. The van der Waals surface area contributed by atoms with E-state index in [9.17, 15) is 8.42 Å². The van der Waals surface area contributed by atoms with Gasteiger partial charge in [0.05, 0.1) is 4.90 Å². The number of benzene rings is 1. The molecule has 0 amide bonds. The lowest BCUT2D eigenvalue weighted by Gasteiger charge is -2.14. The minimum atomic E-state index is -3.50. The number of nitrogens with one attached hydrogen (secondary N) is 1. The number of rotatable bonds is 6. The minimum absolute atomic E-state index is 0.206. The first kappa shape index (κ1) is 14.8. The third kappa shape index (κ3) is 4.47. The molecule has 0 aromatic heterocycles. The second-order valence-electron chi connectivity index (χ2n) is 3.76. The van der Waals surface area contributed by atoms with Gasteiger partial charge in [-0.3, -0.25) is 0 Å². The van der Waals surface area contributed by atoms with Gasteiger partial charge >= 0.3 is 0 Å². The van der Waals surface area contributed by atoms with E-state index in [2.05, 4.69) is 4.72 Å². The summed E-state index contributed by atoms with van der Waals surface area (Å²) < 4.78 is 26.5. The van der Waals surface area contributed by atoms with Gasteiger partial charge in [-0.2, -0.15) is 0 Å². The van der Waals surface area contributed by atoms with Crippen LogP contribution in [0.2, 0.25) is 0 Å². The molecule has 0 saturated carbocycles. The number of halogens is 2. The molecule has 1 aromatic rings. The van der Waals surface area contributed by atoms with Crippen molar-refractivity contribution < 1.29 is 8.42 Å². The molecule has 96 valence electrons. The summed E-state index contributed by atoms with van der Waals surface area (Å²) in [6, 6.07) is 6.32. The van der Waals surface area contributed by atoms with Gasteiger partial charge in [0.15, 0.2) is 0 Å². The van der Waals surface area contributed by atoms with E-state index in [1.54, 1.807) is 24.3 Å². The summed E-state index contributed by atoms with van der Waals surface area (Å²) in [6.07, 6.45) is 0.510. The lowest BCUT2D eigenvalue weighted by Crippen LogP contribution is -2.36. The first-order valence-corrected chi connectivity index (χ1v) is 7.75. The number of alkyl halides is 2. The smallest absolute Gasteiger partial charge is 0.207 e. The Morgan fingerprint density at radius 2 is 1.82 bits per heavy atom. The van der Waals surface area contributed by atoms with Crippen molar-refractivity contribution in [3.63, 3.8) is 0 Å².